The first-order chi connectivity index (χ1) is 7.90. The third kappa shape index (κ3) is 4.83. The molecule has 1 amide bonds. The molecule has 0 radical (unpaired) electrons. The van der Waals surface area contributed by atoms with Gasteiger partial charge in [-0.1, -0.05) is 25.6 Å². The standard InChI is InChI=1S/C11H16N2O3Si/c1-17(2,3)8-4-7-16-11(15)10(14)13-6-5-12-9-13/h9H,5-7H2,1-3H3. The highest BCUT2D eigenvalue weighted by molar-refractivity contribution is 6.83. The summed E-state index contributed by atoms with van der Waals surface area (Å²) >= 11 is 0. The van der Waals surface area contributed by atoms with Crippen molar-refractivity contribution < 1.29 is 14.3 Å². The van der Waals surface area contributed by atoms with Crippen molar-refractivity contribution in [1.29, 1.82) is 0 Å². The monoisotopic (exact) mass is 252 g/mol. The summed E-state index contributed by atoms with van der Waals surface area (Å²) < 4.78 is 4.77. The molecule has 0 fully saturated rings. The Balaban J connectivity index is 2.36. The van der Waals surface area contributed by atoms with E-state index in [1.807, 2.05) is 0 Å². The number of amides is 1. The fourth-order valence-corrected chi connectivity index (χ4v) is 1.72. The highest BCUT2D eigenvalue weighted by Gasteiger charge is 2.23. The van der Waals surface area contributed by atoms with Gasteiger partial charge in [0.1, 0.15) is 8.07 Å². The third-order valence-electron chi connectivity index (χ3n) is 1.87. The van der Waals surface area contributed by atoms with Crippen LogP contribution in [-0.2, 0) is 14.3 Å². The number of hydrogen-bond donors (Lipinski definition) is 0. The van der Waals surface area contributed by atoms with Crippen molar-refractivity contribution in [3.05, 3.63) is 0 Å². The topological polar surface area (TPSA) is 59.0 Å². The molecule has 6 heteroatoms. The molecule has 0 aliphatic carbocycles. The summed E-state index contributed by atoms with van der Waals surface area (Å²) in [6.07, 6.45) is 1.36. The molecule has 0 saturated heterocycles. The lowest BCUT2D eigenvalue weighted by Gasteiger charge is -2.09. The molecule has 0 N–H and O–H groups in total. The number of carbonyl (C=O) groups excluding carboxylic acids is 2. The molecular formula is C11H16N2O3Si. The molecule has 1 aliphatic heterocycles. The Morgan fingerprint density at radius 1 is 1.47 bits per heavy atom. The molecule has 92 valence electrons. The molecule has 17 heavy (non-hydrogen) atoms. The van der Waals surface area contributed by atoms with Gasteiger partial charge < -0.3 is 4.74 Å². The second kappa shape index (κ2) is 5.64. The summed E-state index contributed by atoms with van der Waals surface area (Å²) in [5, 5.41) is 0. The van der Waals surface area contributed by atoms with Crippen LogP contribution in [0.4, 0.5) is 0 Å². The predicted molar refractivity (Wildman–Crippen MR) is 67.2 cm³/mol. The van der Waals surface area contributed by atoms with Gasteiger partial charge in [0.2, 0.25) is 0 Å². The molecule has 0 saturated carbocycles. The Hall–Kier alpha value is -1.61. The van der Waals surface area contributed by atoms with Gasteiger partial charge in [-0.15, -0.1) is 5.54 Å². The molecule has 0 aromatic rings. The summed E-state index contributed by atoms with van der Waals surface area (Å²) in [4.78, 5) is 27.9. The number of aliphatic imine (C=N–C) groups is 1. The van der Waals surface area contributed by atoms with Crippen LogP contribution in [0.25, 0.3) is 0 Å². The van der Waals surface area contributed by atoms with Crippen LogP contribution in [0.3, 0.4) is 0 Å². The van der Waals surface area contributed by atoms with Crippen molar-refractivity contribution in [2.45, 2.75) is 19.6 Å². The van der Waals surface area contributed by atoms with Gasteiger partial charge in [-0.05, 0) is 0 Å². The predicted octanol–water partition coefficient (Wildman–Crippen LogP) is 0.281. The smallest absolute Gasteiger partial charge is 0.398 e. The van der Waals surface area contributed by atoms with Crippen LogP contribution in [0.1, 0.15) is 0 Å². The van der Waals surface area contributed by atoms with E-state index in [0.29, 0.717) is 13.1 Å². The lowest BCUT2D eigenvalue weighted by atomic mass is 10.5. The van der Waals surface area contributed by atoms with E-state index in [2.05, 4.69) is 36.1 Å². The SMILES string of the molecule is C[Si](C)(C)C#CCOC(=O)C(=O)N1C=NCC1. The zero-order valence-electron chi connectivity index (χ0n) is 10.3. The Morgan fingerprint density at radius 2 is 2.18 bits per heavy atom. The first kappa shape index (κ1) is 13.5. The van der Waals surface area contributed by atoms with E-state index in [1.165, 1.54) is 11.2 Å². The van der Waals surface area contributed by atoms with Crippen molar-refractivity contribution in [2.75, 3.05) is 19.7 Å². The van der Waals surface area contributed by atoms with E-state index in [9.17, 15) is 9.59 Å². The quantitative estimate of drug-likeness (QED) is 0.291. The van der Waals surface area contributed by atoms with Crippen LogP contribution >= 0.6 is 0 Å². The first-order valence-electron chi connectivity index (χ1n) is 5.38. The number of carbonyl (C=O) groups is 2. The summed E-state index contributed by atoms with van der Waals surface area (Å²) in [6.45, 7) is 7.22. The Kier molecular flexibility index (Phi) is 4.46. The third-order valence-corrected chi connectivity index (χ3v) is 2.79. The van der Waals surface area contributed by atoms with Gasteiger partial charge in [-0.2, -0.15) is 0 Å². The van der Waals surface area contributed by atoms with E-state index in [4.69, 9.17) is 4.74 Å². The maximum absolute atomic E-state index is 11.5. The highest BCUT2D eigenvalue weighted by atomic mass is 28.3. The van der Waals surface area contributed by atoms with Gasteiger partial charge in [-0.25, -0.2) is 4.79 Å². The number of rotatable bonds is 1. The molecular weight excluding hydrogens is 236 g/mol. The van der Waals surface area contributed by atoms with E-state index in [0.717, 1.165) is 0 Å². The second-order valence-electron chi connectivity index (χ2n) is 4.65. The molecule has 0 aromatic carbocycles. The van der Waals surface area contributed by atoms with Gasteiger partial charge >= 0.3 is 11.9 Å². The molecule has 5 nitrogen and oxygen atoms in total. The highest BCUT2D eigenvalue weighted by Crippen LogP contribution is 1.97. The van der Waals surface area contributed by atoms with Crippen molar-refractivity contribution in [3.8, 4) is 11.5 Å². The molecule has 0 aromatic heterocycles. The van der Waals surface area contributed by atoms with Crippen LogP contribution < -0.4 is 0 Å². The average molecular weight is 252 g/mol. The van der Waals surface area contributed by atoms with Crippen molar-refractivity contribution in [1.82, 2.24) is 4.90 Å². The van der Waals surface area contributed by atoms with Gasteiger partial charge in [0.25, 0.3) is 0 Å². The fourth-order valence-electron chi connectivity index (χ4n) is 1.12. The van der Waals surface area contributed by atoms with Gasteiger partial charge in [0.05, 0.1) is 12.9 Å². The lowest BCUT2D eigenvalue weighted by molar-refractivity contribution is -0.156. The second-order valence-corrected chi connectivity index (χ2v) is 9.40. The molecule has 0 spiro atoms. The maximum atomic E-state index is 11.5. The zero-order chi connectivity index (χ0) is 12.9. The van der Waals surface area contributed by atoms with Gasteiger partial charge in [0, 0.05) is 6.54 Å². The number of ether oxygens (including phenoxy) is 1. The molecule has 1 heterocycles. The minimum Gasteiger partial charge on any atom is -0.445 e. The fraction of sp³-hybridized carbons (Fsp3) is 0.545. The zero-order valence-corrected chi connectivity index (χ0v) is 11.3. The maximum Gasteiger partial charge on any atom is 0.398 e. The van der Waals surface area contributed by atoms with Gasteiger partial charge in [0.15, 0.2) is 6.61 Å². The first-order valence-corrected chi connectivity index (χ1v) is 8.88. The Bertz CT molecular complexity index is 401. The number of nitrogens with zero attached hydrogens (tertiary/aromatic N) is 2. The van der Waals surface area contributed by atoms with Crippen LogP contribution in [0.2, 0.25) is 19.6 Å². The lowest BCUT2D eigenvalue weighted by Crippen LogP contribution is -2.35. The molecule has 0 bridgehead atoms. The number of esters is 1. The summed E-state index contributed by atoms with van der Waals surface area (Å²) in [5.74, 6) is 1.21. The molecule has 0 atom stereocenters. The molecule has 0 unspecified atom stereocenters. The number of hydrogen-bond acceptors (Lipinski definition) is 4. The summed E-state index contributed by atoms with van der Waals surface area (Å²) in [7, 11) is -1.45. The van der Waals surface area contributed by atoms with E-state index < -0.39 is 20.0 Å². The Labute approximate surface area is 102 Å². The van der Waals surface area contributed by atoms with E-state index in [-0.39, 0.29) is 6.61 Å². The van der Waals surface area contributed by atoms with Crippen LogP contribution in [0, 0.1) is 11.5 Å². The normalized spacial score (nSPS) is 14.2. The van der Waals surface area contributed by atoms with Crippen molar-refractivity contribution in [3.63, 3.8) is 0 Å². The molecule has 1 aliphatic rings. The Morgan fingerprint density at radius 3 is 2.71 bits per heavy atom. The largest absolute Gasteiger partial charge is 0.445 e. The molecule has 1 rings (SSSR count). The van der Waals surface area contributed by atoms with Gasteiger partial charge in [-0.3, -0.25) is 14.7 Å². The van der Waals surface area contributed by atoms with Crippen LogP contribution in [0.5, 0.6) is 0 Å². The van der Waals surface area contributed by atoms with Crippen molar-refractivity contribution in [2.24, 2.45) is 4.99 Å². The van der Waals surface area contributed by atoms with Crippen LogP contribution in [-0.4, -0.2) is 50.9 Å². The van der Waals surface area contributed by atoms with E-state index in [1.54, 1.807) is 0 Å². The average Bonchev–Trinajstić information content (AvgIpc) is 2.74. The van der Waals surface area contributed by atoms with Crippen LogP contribution in [0.15, 0.2) is 4.99 Å². The van der Waals surface area contributed by atoms with Crippen molar-refractivity contribution >= 4 is 26.3 Å². The van der Waals surface area contributed by atoms with E-state index >= 15 is 0 Å². The summed E-state index contributed by atoms with van der Waals surface area (Å²) in [5.41, 5.74) is 3.05. The minimum atomic E-state index is -1.45. The minimum absolute atomic E-state index is 0.0280. The summed E-state index contributed by atoms with van der Waals surface area (Å²) in [6, 6.07) is 0.